The summed E-state index contributed by atoms with van der Waals surface area (Å²) in [6, 6.07) is -1.40. The van der Waals surface area contributed by atoms with E-state index < -0.39 is 34.4 Å². The zero-order valence-corrected chi connectivity index (χ0v) is 12.2. The van der Waals surface area contributed by atoms with E-state index in [4.69, 9.17) is 10.2 Å². The molecule has 8 heteroatoms. The van der Waals surface area contributed by atoms with Crippen LogP contribution in [0.4, 0.5) is 0 Å². The van der Waals surface area contributed by atoms with Crippen molar-refractivity contribution in [1.29, 1.82) is 0 Å². The first kappa shape index (κ1) is 17.8. The van der Waals surface area contributed by atoms with Crippen LogP contribution in [0.25, 0.3) is 0 Å². The summed E-state index contributed by atoms with van der Waals surface area (Å²) in [5.74, 6) is -2.73. The minimum absolute atomic E-state index is 0.186. The lowest BCUT2D eigenvalue weighted by Crippen LogP contribution is -2.42. The van der Waals surface area contributed by atoms with E-state index in [1.54, 1.807) is 0 Å². The summed E-state index contributed by atoms with van der Waals surface area (Å²) >= 11 is 0. The fourth-order valence-electron chi connectivity index (χ4n) is 1.22. The molecule has 0 spiro atoms. The van der Waals surface area contributed by atoms with E-state index in [2.05, 4.69) is 0 Å². The van der Waals surface area contributed by atoms with Gasteiger partial charge in [-0.25, -0.2) is 13.1 Å². The van der Waals surface area contributed by atoms with E-state index in [0.29, 0.717) is 6.42 Å². The van der Waals surface area contributed by atoms with Crippen molar-refractivity contribution in [1.82, 2.24) is 4.72 Å². The molecule has 0 saturated carbocycles. The lowest BCUT2D eigenvalue weighted by Gasteiger charge is -2.19. The quantitative estimate of drug-likeness (QED) is 0.605. The molecule has 7 nitrogen and oxygen atoms in total. The maximum Gasteiger partial charge on any atom is 0.321 e. The Morgan fingerprint density at radius 1 is 1.21 bits per heavy atom. The molecular weight excluding hydrogens is 274 g/mol. The predicted octanol–water partition coefficient (Wildman–Crippen LogP) is 0.660. The molecule has 0 fully saturated rings. The van der Waals surface area contributed by atoms with Crippen LogP contribution in [0.1, 0.15) is 40.0 Å². The first-order chi connectivity index (χ1) is 8.43. The molecule has 0 aliphatic rings. The van der Waals surface area contributed by atoms with Crippen LogP contribution >= 0.6 is 0 Å². The number of carboxylic acids is 2. The molecule has 0 aromatic rings. The number of nitrogens with one attached hydrogen (secondary N) is 1. The number of sulfonamides is 1. The van der Waals surface area contributed by atoms with Crippen LogP contribution in [0.2, 0.25) is 0 Å². The molecule has 0 radical (unpaired) electrons. The molecule has 3 N–H and O–H groups in total. The Bertz CT molecular complexity index is 423. The SMILES string of the molecule is CC(C)(C)CCS(=O)(=O)N[C@@H](CCC(=O)O)C(=O)O. The van der Waals surface area contributed by atoms with Gasteiger partial charge in [0.05, 0.1) is 5.75 Å². The van der Waals surface area contributed by atoms with Gasteiger partial charge in [0, 0.05) is 6.42 Å². The number of hydrogen-bond acceptors (Lipinski definition) is 4. The number of rotatable bonds is 8. The second-order valence-electron chi connectivity index (χ2n) is 5.57. The van der Waals surface area contributed by atoms with Crippen molar-refractivity contribution in [3.8, 4) is 0 Å². The van der Waals surface area contributed by atoms with Gasteiger partial charge in [-0.3, -0.25) is 9.59 Å². The monoisotopic (exact) mass is 295 g/mol. The molecule has 0 bridgehead atoms. The van der Waals surface area contributed by atoms with E-state index in [9.17, 15) is 18.0 Å². The molecule has 0 aromatic heterocycles. The van der Waals surface area contributed by atoms with Gasteiger partial charge in [0.1, 0.15) is 6.04 Å². The Morgan fingerprint density at radius 2 is 1.74 bits per heavy atom. The van der Waals surface area contributed by atoms with Crippen LogP contribution in [-0.2, 0) is 19.6 Å². The maximum atomic E-state index is 11.7. The molecule has 0 aliphatic carbocycles. The standard InChI is InChI=1S/C11H21NO6S/c1-11(2,3)6-7-19(17,18)12-8(10(15)16)4-5-9(13)14/h8,12H,4-7H2,1-3H3,(H,13,14)(H,15,16)/t8-/m0/s1. The van der Waals surface area contributed by atoms with Gasteiger partial charge in [-0.15, -0.1) is 0 Å². The Kier molecular flexibility index (Phi) is 6.44. The minimum atomic E-state index is -3.73. The largest absolute Gasteiger partial charge is 0.481 e. The lowest BCUT2D eigenvalue weighted by atomic mass is 9.94. The summed E-state index contributed by atoms with van der Waals surface area (Å²) < 4.78 is 25.5. The van der Waals surface area contributed by atoms with E-state index in [1.165, 1.54) is 0 Å². The number of carbonyl (C=O) groups is 2. The van der Waals surface area contributed by atoms with Crippen LogP contribution in [-0.4, -0.2) is 42.4 Å². The highest BCUT2D eigenvalue weighted by Crippen LogP contribution is 2.19. The number of carboxylic acid groups (broad SMARTS) is 2. The molecule has 0 unspecified atom stereocenters. The fraction of sp³-hybridized carbons (Fsp3) is 0.818. The van der Waals surface area contributed by atoms with E-state index in [1.807, 2.05) is 25.5 Å². The second-order valence-corrected chi connectivity index (χ2v) is 7.44. The van der Waals surface area contributed by atoms with Crippen LogP contribution in [0.5, 0.6) is 0 Å². The maximum absolute atomic E-state index is 11.7. The third kappa shape index (κ3) is 9.43. The first-order valence-corrected chi connectivity index (χ1v) is 7.53. The molecular formula is C11H21NO6S. The van der Waals surface area contributed by atoms with Crippen LogP contribution in [0.3, 0.4) is 0 Å². The van der Waals surface area contributed by atoms with Gasteiger partial charge in [-0.2, -0.15) is 0 Å². The van der Waals surface area contributed by atoms with Crippen molar-refractivity contribution in [2.45, 2.75) is 46.1 Å². The summed E-state index contributed by atoms with van der Waals surface area (Å²) in [7, 11) is -3.73. The third-order valence-corrected chi connectivity index (χ3v) is 3.77. The van der Waals surface area contributed by atoms with E-state index in [0.717, 1.165) is 0 Å². The Balaban J connectivity index is 4.56. The molecule has 0 heterocycles. The molecule has 0 saturated heterocycles. The predicted molar refractivity (Wildman–Crippen MR) is 69.3 cm³/mol. The van der Waals surface area contributed by atoms with Crippen molar-refractivity contribution >= 4 is 22.0 Å². The average Bonchev–Trinajstić information content (AvgIpc) is 2.20. The highest BCUT2D eigenvalue weighted by molar-refractivity contribution is 7.89. The average molecular weight is 295 g/mol. The Hall–Kier alpha value is -1.15. The van der Waals surface area contributed by atoms with Gasteiger partial charge < -0.3 is 10.2 Å². The van der Waals surface area contributed by atoms with E-state index >= 15 is 0 Å². The summed E-state index contributed by atoms with van der Waals surface area (Å²) in [6.45, 7) is 5.63. The van der Waals surface area contributed by atoms with Crippen molar-refractivity contribution in [2.75, 3.05) is 5.75 Å². The van der Waals surface area contributed by atoms with Crippen molar-refractivity contribution in [2.24, 2.45) is 5.41 Å². The zero-order valence-electron chi connectivity index (χ0n) is 11.3. The van der Waals surface area contributed by atoms with Crippen LogP contribution in [0.15, 0.2) is 0 Å². The highest BCUT2D eigenvalue weighted by Gasteiger charge is 2.25. The second kappa shape index (κ2) is 6.85. The molecule has 1 atom stereocenters. The van der Waals surface area contributed by atoms with Gasteiger partial charge in [0.15, 0.2) is 0 Å². The van der Waals surface area contributed by atoms with Gasteiger partial charge in [-0.05, 0) is 18.3 Å². The van der Waals surface area contributed by atoms with Gasteiger partial charge in [0.25, 0.3) is 0 Å². The van der Waals surface area contributed by atoms with E-state index in [-0.39, 0.29) is 17.6 Å². The summed E-state index contributed by atoms with van der Waals surface area (Å²) in [6.07, 6.45) is -0.300. The third-order valence-electron chi connectivity index (χ3n) is 2.39. The summed E-state index contributed by atoms with van der Waals surface area (Å²) in [4.78, 5) is 21.2. The summed E-state index contributed by atoms with van der Waals surface area (Å²) in [5.41, 5.74) is -0.186. The molecule has 0 amide bonds. The molecule has 0 rings (SSSR count). The number of hydrogen-bond donors (Lipinski definition) is 3. The van der Waals surface area contributed by atoms with Crippen LogP contribution < -0.4 is 4.72 Å². The zero-order chi connectivity index (χ0) is 15.3. The first-order valence-electron chi connectivity index (χ1n) is 5.87. The fourth-order valence-corrected chi connectivity index (χ4v) is 2.87. The molecule has 112 valence electrons. The number of aliphatic carboxylic acids is 2. The van der Waals surface area contributed by atoms with Crippen molar-refractivity contribution < 1.29 is 28.2 Å². The molecule has 19 heavy (non-hydrogen) atoms. The van der Waals surface area contributed by atoms with Gasteiger partial charge in [0.2, 0.25) is 10.0 Å². The van der Waals surface area contributed by atoms with Gasteiger partial charge in [-0.1, -0.05) is 20.8 Å². The smallest absolute Gasteiger partial charge is 0.321 e. The highest BCUT2D eigenvalue weighted by atomic mass is 32.2. The van der Waals surface area contributed by atoms with Crippen LogP contribution in [0, 0.1) is 5.41 Å². The van der Waals surface area contributed by atoms with Crippen molar-refractivity contribution in [3.63, 3.8) is 0 Å². The Morgan fingerprint density at radius 3 is 2.11 bits per heavy atom. The lowest BCUT2D eigenvalue weighted by molar-refractivity contribution is -0.140. The Labute approximate surface area is 113 Å². The van der Waals surface area contributed by atoms with Crippen molar-refractivity contribution in [3.05, 3.63) is 0 Å². The normalized spacial score (nSPS) is 14.1. The minimum Gasteiger partial charge on any atom is -0.481 e. The topological polar surface area (TPSA) is 121 Å². The van der Waals surface area contributed by atoms with Gasteiger partial charge >= 0.3 is 11.9 Å². The summed E-state index contributed by atoms with van der Waals surface area (Å²) in [5, 5.41) is 17.3. The molecule has 0 aliphatic heterocycles. The molecule has 0 aromatic carbocycles.